The minimum Gasteiger partial charge on any atom is -0.390 e. The molecule has 106 valence electrons. The van der Waals surface area contributed by atoms with E-state index < -0.39 is 5.60 Å². The number of aliphatic hydroxyl groups is 1. The van der Waals surface area contributed by atoms with Gasteiger partial charge in [-0.3, -0.25) is 4.79 Å². The predicted octanol–water partition coefficient (Wildman–Crippen LogP) is 3.82. The normalized spacial score (nSPS) is 29.4. The maximum absolute atomic E-state index is 12.1. The SMILES string of the molecule is CC(C)C(C)(O)CC1CC(C(C)(C)C)CCC1=O. The topological polar surface area (TPSA) is 37.3 Å². The molecule has 1 rings (SSSR count). The quantitative estimate of drug-likeness (QED) is 0.831. The molecule has 3 unspecified atom stereocenters. The van der Waals surface area contributed by atoms with Crippen molar-refractivity contribution in [2.45, 2.75) is 72.8 Å². The van der Waals surface area contributed by atoms with E-state index in [1.165, 1.54) is 0 Å². The van der Waals surface area contributed by atoms with E-state index in [0.717, 1.165) is 12.8 Å². The van der Waals surface area contributed by atoms with Gasteiger partial charge in [0.25, 0.3) is 0 Å². The summed E-state index contributed by atoms with van der Waals surface area (Å²) in [5.41, 5.74) is -0.456. The van der Waals surface area contributed by atoms with Gasteiger partial charge in [0.15, 0.2) is 0 Å². The van der Waals surface area contributed by atoms with Crippen LogP contribution in [0, 0.1) is 23.2 Å². The fraction of sp³-hybridized carbons (Fsp3) is 0.938. The molecule has 2 nitrogen and oxygen atoms in total. The van der Waals surface area contributed by atoms with Crippen LogP contribution in [0.1, 0.15) is 67.2 Å². The molecular weight excluding hydrogens is 224 g/mol. The Morgan fingerprint density at radius 3 is 2.28 bits per heavy atom. The number of ketones is 1. The zero-order chi connectivity index (χ0) is 14.1. The Hall–Kier alpha value is -0.370. The summed E-state index contributed by atoms with van der Waals surface area (Å²) in [6, 6.07) is 0. The Morgan fingerprint density at radius 1 is 1.28 bits per heavy atom. The fourth-order valence-electron chi connectivity index (χ4n) is 2.83. The van der Waals surface area contributed by atoms with E-state index in [9.17, 15) is 9.90 Å². The van der Waals surface area contributed by atoms with Crippen molar-refractivity contribution in [1.29, 1.82) is 0 Å². The molecule has 0 heterocycles. The molecule has 0 spiro atoms. The average Bonchev–Trinajstić information content (AvgIpc) is 2.19. The smallest absolute Gasteiger partial charge is 0.136 e. The zero-order valence-electron chi connectivity index (χ0n) is 12.9. The molecule has 2 heteroatoms. The van der Waals surface area contributed by atoms with Crippen molar-refractivity contribution >= 4 is 5.78 Å². The Morgan fingerprint density at radius 2 is 1.83 bits per heavy atom. The fourth-order valence-corrected chi connectivity index (χ4v) is 2.83. The second kappa shape index (κ2) is 5.32. The second-order valence-electron chi connectivity index (χ2n) is 7.72. The van der Waals surface area contributed by atoms with Gasteiger partial charge in [0.1, 0.15) is 5.78 Å². The number of hydrogen-bond donors (Lipinski definition) is 1. The van der Waals surface area contributed by atoms with E-state index in [0.29, 0.717) is 24.5 Å². The van der Waals surface area contributed by atoms with E-state index in [4.69, 9.17) is 0 Å². The summed E-state index contributed by atoms with van der Waals surface area (Å²) in [6.07, 6.45) is 3.28. The molecule has 0 aromatic heterocycles. The molecule has 1 fully saturated rings. The molecule has 1 N–H and O–H groups in total. The van der Waals surface area contributed by atoms with Crippen molar-refractivity contribution in [3.05, 3.63) is 0 Å². The molecule has 18 heavy (non-hydrogen) atoms. The first-order valence-corrected chi connectivity index (χ1v) is 7.29. The van der Waals surface area contributed by atoms with Crippen molar-refractivity contribution in [3.63, 3.8) is 0 Å². The summed E-state index contributed by atoms with van der Waals surface area (Å²) in [6.45, 7) is 12.7. The summed E-state index contributed by atoms with van der Waals surface area (Å²) in [5, 5.41) is 10.4. The number of Topliss-reactive ketones (excluding diaryl/α,β-unsaturated/α-hetero) is 1. The van der Waals surface area contributed by atoms with Crippen LogP contribution in [0.2, 0.25) is 0 Å². The number of carbonyl (C=O) groups excluding carboxylic acids is 1. The molecule has 0 amide bonds. The van der Waals surface area contributed by atoms with Crippen molar-refractivity contribution in [2.24, 2.45) is 23.2 Å². The molecule has 1 aliphatic carbocycles. The largest absolute Gasteiger partial charge is 0.390 e. The number of hydrogen-bond acceptors (Lipinski definition) is 2. The Balaban J connectivity index is 2.72. The van der Waals surface area contributed by atoms with Crippen LogP contribution in [-0.2, 0) is 4.79 Å². The predicted molar refractivity (Wildman–Crippen MR) is 75.4 cm³/mol. The van der Waals surface area contributed by atoms with Crippen molar-refractivity contribution in [2.75, 3.05) is 0 Å². The highest BCUT2D eigenvalue weighted by molar-refractivity contribution is 5.81. The van der Waals surface area contributed by atoms with Crippen LogP contribution in [0.4, 0.5) is 0 Å². The number of rotatable bonds is 3. The summed E-state index contributed by atoms with van der Waals surface area (Å²) >= 11 is 0. The first-order valence-electron chi connectivity index (χ1n) is 7.29. The van der Waals surface area contributed by atoms with Gasteiger partial charge in [-0.15, -0.1) is 0 Å². The molecule has 0 radical (unpaired) electrons. The minimum absolute atomic E-state index is 0.0559. The van der Waals surface area contributed by atoms with Crippen LogP contribution in [0.15, 0.2) is 0 Å². The van der Waals surface area contributed by atoms with E-state index in [1.807, 2.05) is 20.8 Å². The van der Waals surface area contributed by atoms with Crippen LogP contribution < -0.4 is 0 Å². The summed E-state index contributed by atoms with van der Waals surface area (Å²) in [4.78, 5) is 12.1. The Kier molecular flexibility index (Phi) is 4.64. The van der Waals surface area contributed by atoms with Gasteiger partial charge in [-0.2, -0.15) is 0 Å². The van der Waals surface area contributed by atoms with Gasteiger partial charge in [-0.25, -0.2) is 0 Å². The molecule has 1 saturated carbocycles. The van der Waals surface area contributed by atoms with Crippen molar-refractivity contribution in [1.82, 2.24) is 0 Å². The van der Waals surface area contributed by atoms with Crippen LogP contribution in [0.5, 0.6) is 0 Å². The van der Waals surface area contributed by atoms with Gasteiger partial charge in [0, 0.05) is 12.3 Å². The summed E-state index contributed by atoms with van der Waals surface area (Å²) in [5.74, 6) is 1.21. The zero-order valence-corrected chi connectivity index (χ0v) is 12.9. The maximum atomic E-state index is 12.1. The standard InChI is InChI=1S/C16H30O2/c1-11(2)16(6,18)10-12-9-13(15(3,4)5)7-8-14(12)17/h11-13,18H,7-10H2,1-6H3. The van der Waals surface area contributed by atoms with Gasteiger partial charge in [0.05, 0.1) is 5.60 Å². The molecule has 1 aliphatic rings. The van der Waals surface area contributed by atoms with Gasteiger partial charge < -0.3 is 5.11 Å². The highest BCUT2D eigenvalue weighted by Crippen LogP contribution is 2.41. The van der Waals surface area contributed by atoms with E-state index >= 15 is 0 Å². The van der Waals surface area contributed by atoms with E-state index in [2.05, 4.69) is 20.8 Å². The lowest BCUT2D eigenvalue weighted by atomic mass is 9.66. The third-order valence-corrected chi connectivity index (χ3v) is 4.89. The monoisotopic (exact) mass is 254 g/mol. The van der Waals surface area contributed by atoms with Crippen LogP contribution in [0.3, 0.4) is 0 Å². The minimum atomic E-state index is -0.722. The lowest BCUT2D eigenvalue weighted by Crippen LogP contribution is -2.39. The lowest BCUT2D eigenvalue weighted by Gasteiger charge is -2.40. The number of carbonyl (C=O) groups is 1. The van der Waals surface area contributed by atoms with E-state index in [1.54, 1.807) is 0 Å². The molecule has 0 aromatic carbocycles. The highest BCUT2D eigenvalue weighted by Gasteiger charge is 2.38. The molecule has 0 aromatic rings. The van der Waals surface area contributed by atoms with Crippen molar-refractivity contribution < 1.29 is 9.90 Å². The van der Waals surface area contributed by atoms with Crippen LogP contribution in [0.25, 0.3) is 0 Å². The van der Waals surface area contributed by atoms with Crippen molar-refractivity contribution in [3.8, 4) is 0 Å². The van der Waals surface area contributed by atoms with Gasteiger partial charge >= 0.3 is 0 Å². The van der Waals surface area contributed by atoms with Crippen LogP contribution >= 0.6 is 0 Å². The van der Waals surface area contributed by atoms with Crippen LogP contribution in [-0.4, -0.2) is 16.5 Å². The van der Waals surface area contributed by atoms with E-state index in [-0.39, 0.29) is 17.3 Å². The maximum Gasteiger partial charge on any atom is 0.136 e. The summed E-state index contributed by atoms with van der Waals surface area (Å²) < 4.78 is 0. The average molecular weight is 254 g/mol. The molecule has 0 bridgehead atoms. The molecule has 0 saturated heterocycles. The highest BCUT2D eigenvalue weighted by atomic mass is 16.3. The first kappa shape index (κ1) is 15.7. The summed E-state index contributed by atoms with van der Waals surface area (Å²) in [7, 11) is 0. The Bertz CT molecular complexity index is 297. The molecule has 3 atom stereocenters. The third-order valence-electron chi connectivity index (χ3n) is 4.89. The van der Waals surface area contributed by atoms with Gasteiger partial charge in [-0.05, 0) is 43.4 Å². The van der Waals surface area contributed by atoms with Gasteiger partial charge in [-0.1, -0.05) is 34.6 Å². The molecular formula is C16H30O2. The first-order chi connectivity index (χ1) is 8.04. The third kappa shape index (κ3) is 3.81. The lowest BCUT2D eigenvalue weighted by molar-refractivity contribution is -0.130. The van der Waals surface area contributed by atoms with Gasteiger partial charge in [0.2, 0.25) is 0 Å². The Labute approximate surface area is 112 Å². The second-order valence-corrected chi connectivity index (χ2v) is 7.72. The molecule has 0 aliphatic heterocycles.